The number of allylic oxidation sites excluding steroid dienone is 1. The molecule has 2 aliphatic heterocycles. The normalized spacial score (nSPS) is 24.0. The molecule has 73 heavy (non-hydrogen) atoms. The summed E-state index contributed by atoms with van der Waals surface area (Å²) in [6.45, 7) is 6.24. The largest absolute Gasteiger partial charge is 0.394 e. The van der Waals surface area contributed by atoms with Gasteiger partial charge < -0.3 is 57.2 Å². The van der Waals surface area contributed by atoms with Crippen LogP contribution < -0.4 is 0 Å². The minimum atomic E-state index is -0.809. The molecule has 6 aromatic rings. The molecule has 0 aromatic heterocycles. The van der Waals surface area contributed by atoms with Gasteiger partial charge in [-0.05, 0) is 51.8 Å². The van der Waals surface area contributed by atoms with Crippen LogP contribution >= 0.6 is 0 Å². The third kappa shape index (κ3) is 16.3. The van der Waals surface area contributed by atoms with Gasteiger partial charge in [0.1, 0.15) is 48.8 Å². The molecular formula is C61H70O12. The van der Waals surface area contributed by atoms with Crippen molar-refractivity contribution in [3.8, 4) is 0 Å². The van der Waals surface area contributed by atoms with Gasteiger partial charge in [-0.15, -0.1) is 6.58 Å². The topological polar surface area (TPSA) is 122 Å². The molecule has 10 atom stereocenters. The van der Waals surface area contributed by atoms with Crippen LogP contribution in [0, 0.1) is 0 Å². The molecule has 6 aromatic carbocycles. The van der Waals surface area contributed by atoms with Gasteiger partial charge in [-0.1, -0.05) is 182 Å². The molecule has 0 spiro atoms. The van der Waals surface area contributed by atoms with Crippen molar-refractivity contribution in [1.29, 1.82) is 0 Å². The van der Waals surface area contributed by atoms with Crippen LogP contribution in [-0.4, -0.2) is 93.4 Å². The number of unbranched alkanes of at least 4 members (excludes halogenated alkanes) is 1. The van der Waals surface area contributed by atoms with Crippen molar-refractivity contribution in [2.75, 3.05) is 26.9 Å². The Morgan fingerprint density at radius 2 is 0.795 bits per heavy atom. The van der Waals surface area contributed by atoms with Crippen LogP contribution in [0.15, 0.2) is 189 Å². The lowest BCUT2D eigenvalue weighted by molar-refractivity contribution is -0.328. The number of rotatable bonds is 29. The molecule has 2 heterocycles. The Labute approximate surface area is 430 Å². The van der Waals surface area contributed by atoms with Crippen molar-refractivity contribution in [1.82, 2.24) is 0 Å². The van der Waals surface area contributed by atoms with Crippen molar-refractivity contribution < 1.29 is 57.2 Å². The second-order valence-electron chi connectivity index (χ2n) is 18.2. The molecule has 12 heteroatoms. The van der Waals surface area contributed by atoms with Crippen LogP contribution in [0.5, 0.6) is 0 Å². The molecule has 0 unspecified atom stereocenters. The van der Waals surface area contributed by atoms with E-state index in [1.807, 2.05) is 176 Å². The average Bonchev–Trinajstić information content (AvgIpc) is 3.44. The van der Waals surface area contributed by atoms with E-state index in [9.17, 15) is 5.11 Å². The van der Waals surface area contributed by atoms with Gasteiger partial charge >= 0.3 is 0 Å². The lowest BCUT2D eigenvalue weighted by Crippen LogP contribution is -2.61. The molecule has 0 radical (unpaired) electrons. The number of benzene rings is 6. The van der Waals surface area contributed by atoms with Crippen LogP contribution in [0.3, 0.4) is 0 Å². The molecule has 8 rings (SSSR count). The summed E-state index contributed by atoms with van der Waals surface area (Å²) < 4.78 is 72.5. The van der Waals surface area contributed by atoms with Crippen LogP contribution in [0.2, 0.25) is 0 Å². The highest BCUT2D eigenvalue weighted by Crippen LogP contribution is 2.33. The van der Waals surface area contributed by atoms with Crippen LogP contribution in [-0.2, 0) is 98.4 Å². The molecule has 2 aliphatic rings. The van der Waals surface area contributed by atoms with E-state index >= 15 is 0 Å². The first-order valence-corrected chi connectivity index (χ1v) is 25.3. The first-order chi connectivity index (χ1) is 36.1. The zero-order valence-electron chi connectivity index (χ0n) is 41.7. The van der Waals surface area contributed by atoms with Gasteiger partial charge in [0, 0.05) is 7.11 Å². The summed E-state index contributed by atoms with van der Waals surface area (Å²) in [7, 11) is 1.56. The average molecular weight is 995 g/mol. The van der Waals surface area contributed by atoms with Gasteiger partial charge in [-0.3, -0.25) is 0 Å². The summed E-state index contributed by atoms with van der Waals surface area (Å²) in [5.41, 5.74) is 6.85. The summed E-state index contributed by atoms with van der Waals surface area (Å²) in [5.74, 6) is 0. The van der Waals surface area contributed by atoms with Crippen molar-refractivity contribution >= 4 is 0 Å². The van der Waals surface area contributed by atoms with Gasteiger partial charge in [0.15, 0.2) is 12.6 Å². The molecule has 0 bridgehead atoms. The van der Waals surface area contributed by atoms with E-state index in [0.717, 1.165) is 51.8 Å². The number of methoxy groups -OCH3 is 1. The monoisotopic (exact) mass is 994 g/mol. The fraction of sp³-hybridized carbons (Fsp3) is 0.377. The Balaban J connectivity index is 0.990. The predicted octanol–water partition coefficient (Wildman–Crippen LogP) is 10.1. The fourth-order valence-electron chi connectivity index (χ4n) is 9.05. The van der Waals surface area contributed by atoms with Gasteiger partial charge in [-0.2, -0.15) is 0 Å². The van der Waals surface area contributed by atoms with Crippen molar-refractivity contribution in [3.05, 3.63) is 228 Å². The Morgan fingerprint density at radius 1 is 0.425 bits per heavy atom. The summed E-state index contributed by atoms with van der Waals surface area (Å²) >= 11 is 0. The number of hydrogen-bond acceptors (Lipinski definition) is 12. The van der Waals surface area contributed by atoms with Gasteiger partial charge in [0.2, 0.25) is 0 Å². The third-order valence-electron chi connectivity index (χ3n) is 12.8. The predicted molar refractivity (Wildman–Crippen MR) is 277 cm³/mol. The Kier molecular flexibility index (Phi) is 21.7. The number of hydrogen-bond donors (Lipinski definition) is 1. The summed E-state index contributed by atoms with van der Waals surface area (Å²) in [5, 5.41) is 10.7. The summed E-state index contributed by atoms with van der Waals surface area (Å²) in [4.78, 5) is 0. The SMILES string of the molecule is C=CCCCO[C@H]1O[C@H](COCc2cccc(CO[C@H]3[C@H](OCc4ccccc4)[C@@H](OCc4ccccc4)[C@@H](OC)O[C@@H]3CO)c2)[C@@H](OCc2ccccc2)[C@H](OCc2ccccc2)[C@H]1OCc1ccccc1. The second-order valence-corrected chi connectivity index (χ2v) is 18.2. The van der Waals surface area contributed by atoms with Crippen LogP contribution in [0.1, 0.15) is 51.8 Å². The highest BCUT2D eigenvalue weighted by molar-refractivity contribution is 5.23. The summed E-state index contributed by atoms with van der Waals surface area (Å²) in [6.07, 6.45) is -3.37. The number of ether oxygens (including phenoxy) is 11. The fourth-order valence-corrected chi connectivity index (χ4v) is 9.05. The molecule has 0 amide bonds. The Morgan fingerprint density at radius 3 is 1.23 bits per heavy atom. The third-order valence-corrected chi connectivity index (χ3v) is 12.8. The maximum Gasteiger partial charge on any atom is 0.186 e. The molecule has 0 saturated carbocycles. The van der Waals surface area contributed by atoms with E-state index in [0.29, 0.717) is 39.6 Å². The minimum absolute atomic E-state index is 0.173. The van der Waals surface area contributed by atoms with Gasteiger partial charge in [-0.25, -0.2) is 0 Å². The van der Waals surface area contributed by atoms with Crippen LogP contribution in [0.4, 0.5) is 0 Å². The molecule has 1 N–H and O–H groups in total. The standard InChI is InChI=1S/C61H70O12/c1-3-4-20-34-65-61-59(71-42-49-30-18-9-19-31-49)57(69-40-47-26-14-7-15-27-47)55(66-38-45-22-10-5-11-23-45)53(73-61)44-64-37-50-32-21-33-51(35-50)43-67-54-52(36-62)72-60(63-2)58(70-41-48-28-16-8-17-29-48)56(54)68-39-46-24-12-6-13-25-46/h3,5-19,21-33,35,52-62H,1,4,20,34,36-44H2,2H3/t52-,53-,54-,55-,56+,57+,58-,59-,60+,61+/m1/s1. The Hall–Kier alpha value is -5.42. The first kappa shape index (κ1) is 53.9. The lowest BCUT2D eigenvalue weighted by Gasteiger charge is -2.46. The lowest BCUT2D eigenvalue weighted by atomic mass is 9.97. The molecule has 0 aliphatic carbocycles. The van der Waals surface area contributed by atoms with E-state index < -0.39 is 61.4 Å². The second kappa shape index (κ2) is 29.5. The van der Waals surface area contributed by atoms with E-state index in [2.05, 4.69) is 12.6 Å². The van der Waals surface area contributed by atoms with Gasteiger partial charge in [0.05, 0.1) is 66.1 Å². The van der Waals surface area contributed by atoms with Gasteiger partial charge in [0.25, 0.3) is 0 Å². The van der Waals surface area contributed by atoms with E-state index in [1.165, 1.54) is 0 Å². The number of aliphatic hydroxyl groups excluding tert-OH is 1. The Bertz CT molecular complexity index is 2430. The first-order valence-electron chi connectivity index (χ1n) is 25.3. The molecular weight excluding hydrogens is 925 g/mol. The van der Waals surface area contributed by atoms with Crippen molar-refractivity contribution in [2.45, 2.75) is 121 Å². The molecule has 2 fully saturated rings. The smallest absolute Gasteiger partial charge is 0.186 e. The van der Waals surface area contributed by atoms with Crippen molar-refractivity contribution in [2.24, 2.45) is 0 Å². The maximum absolute atomic E-state index is 10.7. The van der Waals surface area contributed by atoms with E-state index in [1.54, 1.807) is 7.11 Å². The molecule has 386 valence electrons. The molecule has 2 saturated heterocycles. The van der Waals surface area contributed by atoms with E-state index in [-0.39, 0.29) is 26.4 Å². The zero-order valence-corrected chi connectivity index (χ0v) is 41.7. The zero-order chi connectivity index (χ0) is 50.3. The highest BCUT2D eigenvalue weighted by atomic mass is 16.7. The quantitative estimate of drug-likeness (QED) is 0.0356. The van der Waals surface area contributed by atoms with Crippen molar-refractivity contribution in [3.63, 3.8) is 0 Å². The number of aliphatic hydroxyl groups is 1. The summed E-state index contributed by atoms with van der Waals surface area (Å²) in [6, 6.07) is 58.1. The highest BCUT2D eigenvalue weighted by Gasteiger charge is 2.50. The maximum atomic E-state index is 10.7. The van der Waals surface area contributed by atoms with Crippen LogP contribution in [0.25, 0.3) is 0 Å². The minimum Gasteiger partial charge on any atom is -0.394 e. The van der Waals surface area contributed by atoms with E-state index in [4.69, 9.17) is 52.1 Å². The molecule has 12 nitrogen and oxygen atoms in total.